The summed E-state index contributed by atoms with van der Waals surface area (Å²) in [7, 11) is 0. The normalized spacial score (nSPS) is 14.7. The molecule has 2 aromatic carbocycles. The second-order valence-corrected chi connectivity index (χ2v) is 6.16. The van der Waals surface area contributed by atoms with Gasteiger partial charge < -0.3 is 10.2 Å². The lowest BCUT2D eigenvalue weighted by molar-refractivity contribution is -0.118. The van der Waals surface area contributed by atoms with Gasteiger partial charge in [0.05, 0.1) is 0 Å². The van der Waals surface area contributed by atoms with Gasteiger partial charge in [0.2, 0.25) is 5.91 Å². The molecule has 1 amide bonds. The van der Waals surface area contributed by atoms with Gasteiger partial charge in [-0.15, -0.1) is 0 Å². The smallest absolute Gasteiger partial charge is 0.249 e. The van der Waals surface area contributed by atoms with E-state index in [9.17, 15) is 4.79 Å². The largest absolute Gasteiger partial charge is 0.374 e. The molecule has 0 aliphatic carbocycles. The lowest BCUT2D eigenvalue weighted by atomic mass is 10.2. The first-order chi connectivity index (χ1) is 10.1. The Balaban J connectivity index is 1.72. The number of nitrogens with one attached hydrogen (secondary N) is 1. The highest BCUT2D eigenvalue weighted by Gasteiger charge is 2.27. The average Bonchev–Trinajstić information content (AvgIpc) is 2.92. The second kappa shape index (κ2) is 5.90. The number of para-hydroxylation sites is 1. The Kier molecular flexibility index (Phi) is 3.97. The Labute approximate surface area is 133 Å². The van der Waals surface area contributed by atoms with E-state index in [0.29, 0.717) is 0 Å². The van der Waals surface area contributed by atoms with Crippen molar-refractivity contribution in [1.82, 2.24) is 0 Å². The quantitative estimate of drug-likeness (QED) is 0.917. The maximum absolute atomic E-state index is 12.6. The van der Waals surface area contributed by atoms with Crippen molar-refractivity contribution in [1.29, 1.82) is 0 Å². The zero-order chi connectivity index (χ0) is 14.8. The fourth-order valence-corrected chi connectivity index (χ4v) is 2.92. The van der Waals surface area contributed by atoms with Crippen LogP contribution in [0, 0.1) is 0 Å². The van der Waals surface area contributed by atoms with Crippen LogP contribution in [0.5, 0.6) is 0 Å². The first kappa shape index (κ1) is 14.1. The number of hydrogen-bond acceptors (Lipinski definition) is 2. The van der Waals surface area contributed by atoms with Crippen molar-refractivity contribution in [2.75, 3.05) is 16.8 Å². The number of amides is 1. The molecule has 1 heterocycles. The van der Waals surface area contributed by atoms with Crippen LogP contribution < -0.4 is 10.2 Å². The monoisotopic (exact) mass is 344 g/mol. The summed E-state index contributed by atoms with van der Waals surface area (Å²) in [6.07, 6.45) is 0.937. The molecule has 0 aromatic heterocycles. The molecule has 3 nitrogen and oxygen atoms in total. The maximum Gasteiger partial charge on any atom is 0.249 e. The van der Waals surface area contributed by atoms with Crippen LogP contribution in [0.3, 0.4) is 0 Å². The summed E-state index contributed by atoms with van der Waals surface area (Å²) < 4.78 is 1.03. The van der Waals surface area contributed by atoms with Gasteiger partial charge in [0.25, 0.3) is 0 Å². The van der Waals surface area contributed by atoms with Crippen LogP contribution >= 0.6 is 15.9 Å². The number of nitrogens with zero attached hydrogens (tertiary/aromatic N) is 1. The van der Waals surface area contributed by atoms with Crippen LogP contribution in [0.25, 0.3) is 0 Å². The topological polar surface area (TPSA) is 32.3 Å². The Bertz CT molecular complexity index is 654. The van der Waals surface area contributed by atoms with Crippen molar-refractivity contribution >= 4 is 33.2 Å². The molecular weight excluding hydrogens is 328 g/mol. The van der Waals surface area contributed by atoms with Crippen LogP contribution in [0.2, 0.25) is 0 Å². The Morgan fingerprint density at radius 2 is 1.90 bits per heavy atom. The van der Waals surface area contributed by atoms with E-state index in [2.05, 4.69) is 27.3 Å². The molecule has 3 rings (SSSR count). The summed E-state index contributed by atoms with van der Waals surface area (Å²) in [4.78, 5) is 14.5. The van der Waals surface area contributed by atoms with Crippen LogP contribution in [-0.2, 0) is 11.2 Å². The van der Waals surface area contributed by atoms with Crippen molar-refractivity contribution in [2.24, 2.45) is 0 Å². The first-order valence-electron chi connectivity index (χ1n) is 7.06. The van der Waals surface area contributed by atoms with Gasteiger partial charge in [-0.05, 0) is 49.2 Å². The van der Waals surface area contributed by atoms with Crippen molar-refractivity contribution in [3.8, 4) is 0 Å². The molecule has 0 radical (unpaired) electrons. The van der Waals surface area contributed by atoms with Crippen molar-refractivity contribution < 1.29 is 4.79 Å². The van der Waals surface area contributed by atoms with Gasteiger partial charge in [0.1, 0.15) is 6.04 Å². The summed E-state index contributed by atoms with van der Waals surface area (Å²) in [6.45, 7) is 2.68. The predicted octanol–water partition coefficient (Wildman–Crippen LogP) is 3.84. The van der Waals surface area contributed by atoms with Crippen molar-refractivity contribution in [3.05, 3.63) is 58.6 Å². The van der Waals surface area contributed by atoms with Crippen LogP contribution in [0.4, 0.5) is 11.4 Å². The molecule has 1 N–H and O–H groups in total. The summed E-state index contributed by atoms with van der Waals surface area (Å²) in [6, 6.07) is 15.7. The minimum atomic E-state index is -0.252. The number of rotatable bonds is 3. The average molecular weight is 345 g/mol. The van der Waals surface area contributed by atoms with Crippen LogP contribution in [0.15, 0.2) is 53.0 Å². The van der Waals surface area contributed by atoms with Gasteiger partial charge in [0.15, 0.2) is 0 Å². The molecule has 0 saturated heterocycles. The van der Waals surface area contributed by atoms with E-state index in [1.165, 1.54) is 5.56 Å². The standard InChI is InChI=1S/C17H17BrN2O/c1-12(19-15-8-6-14(18)7-9-15)17(21)20-11-10-13-4-2-3-5-16(13)20/h2-9,12,19H,10-11H2,1H3/t12-/m1/s1. The molecule has 108 valence electrons. The number of anilines is 2. The Morgan fingerprint density at radius 1 is 1.19 bits per heavy atom. The lowest BCUT2D eigenvalue weighted by Gasteiger charge is -2.23. The molecule has 1 aliphatic rings. The molecule has 2 aromatic rings. The molecule has 0 bridgehead atoms. The minimum Gasteiger partial charge on any atom is -0.374 e. The highest BCUT2D eigenvalue weighted by Crippen LogP contribution is 2.28. The third kappa shape index (κ3) is 2.95. The Morgan fingerprint density at radius 3 is 2.67 bits per heavy atom. The number of hydrogen-bond donors (Lipinski definition) is 1. The zero-order valence-electron chi connectivity index (χ0n) is 11.8. The number of carbonyl (C=O) groups is 1. The van der Waals surface area contributed by atoms with Gasteiger partial charge in [-0.25, -0.2) is 0 Å². The number of carbonyl (C=O) groups excluding carboxylic acids is 1. The molecule has 1 aliphatic heterocycles. The third-order valence-corrected chi connectivity index (χ3v) is 4.28. The molecule has 0 unspecified atom stereocenters. The molecule has 21 heavy (non-hydrogen) atoms. The first-order valence-corrected chi connectivity index (χ1v) is 7.86. The lowest BCUT2D eigenvalue weighted by Crippen LogP contribution is -2.40. The fourth-order valence-electron chi connectivity index (χ4n) is 2.66. The second-order valence-electron chi connectivity index (χ2n) is 5.24. The highest BCUT2D eigenvalue weighted by molar-refractivity contribution is 9.10. The van der Waals surface area contributed by atoms with Crippen molar-refractivity contribution in [3.63, 3.8) is 0 Å². The number of halogens is 1. The van der Waals surface area contributed by atoms with Gasteiger partial charge in [0, 0.05) is 22.4 Å². The van der Waals surface area contributed by atoms with E-state index in [0.717, 1.165) is 28.8 Å². The fraction of sp³-hybridized carbons (Fsp3) is 0.235. The summed E-state index contributed by atoms with van der Waals surface area (Å²) in [5.41, 5.74) is 3.25. The van der Waals surface area contributed by atoms with Crippen LogP contribution in [0.1, 0.15) is 12.5 Å². The van der Waals surface area contributed by atoms with E-state index in [-0.39, 0.29) is 11.9 Å². The van der Waals surface area contributed by atoms with E-state index in [4.69, 9.17) is 0 Å². The van der Waals surface area contributed by atoms with E-state index in [1.54, 1.807) is 0 Å². The Hall–Kier alpha value is -1.81. The van der Waals surface area contributed by atoms with E-state index >= 15 is 0 Å². The SMILES string of the molecule is C[C@@H](Nc1ccc(Br)cc1)C(=O)N1CCc2ccccc21. The number of benzene rings is 2. The van der Waals surface area contributed by atoms with Gasteiger partial charge in [-0.3, -0.25) is 4.79 Å². The third-order valence-electron chi connectivity index (χ3n) is 3.75. The van der Waals surface area contributed by atoms with Gasteiger partial charge in [-0.1, -0.05) is 34.1 Å². The van der Waals surface area contributed by atoms with E-state index < -0.39 is 0 Å². The molecule has 4 heteroatoms. The molecule has 0 spiro atoms. The molecular formula is C17H17BrN2O. The summed E-state index contributed by atoms with van der Waals surface area (Å²) in [5.74, 6) is 0.114. The van der Waals surface area contributed by atoms with Gasteiger partial charge >= 0.3 is 0 Å². The molecule has 1 atom stereocenters. The number of fused-ring (bicyclic) bond motifs is 1. The zero-order valence-corrected chi connectivity index (χ0v) is 13.4. The highest BCUT2D eigenvalue weighted by atomic mass is 79.9. The van der Waals surface area contributed by atoms with E-state index in [1.807, 2.05) is 54.3 Å². The maximum atomic E-state index is 12.6. The molecule has 0 fully saturated rings. The minimum absolute atomic E-state index is 0.114. The van der Waals surface area contributed by atoms with Gasteiger partial charge in [-0.2, -0.15) is 0 Å². The van der Waals surface area contributed by atoms with Crippen LogP contribution in [-0.4, -0.2) is 18.5 Å². The van der Waals surface area contributed by atoms with Crippen molar-refractivity contribution in [2.45, 2.75) is 19.4 Å². The summed E-state index contributed by atoms with van der Waals surface area (Å²) >= 11 is 3.41. The summed E-state index contributed by atoms with van der Waals surface area (Å²) in [5, 5.41) is 3.26. The molecule has 0 saturated carbocycles. The predicted molar refractivity (Wildman–Crippen MR) is 89.7 cm³/mol.